The van der Waals surface area contributed by atoms with E-state index in [0.29, 0.717) is 5.69 Å². The van der Waals surface area contributed by atoms with Crippen LogP contribution in [0.25, 0.3) is 0 Å². The van der Waals surface area contributed by atoms with E-state index in [1.54, 1.807) is 0 Å². The molecule has 3 N–H and O–H groups in total. The molecule has 20 heavy (non-hydrogen) atoms. The van der Waals surface area contributed by atoms with E-state index in [0.717, 1.165) is 12.1 Å². The highest BCUT2D eigenvalue weighted by molar-refractivity contribution is 6.28. The van der Waals surface area contributed by atoms with Crippen LogP contribution in [0.1, 0.15) is 0 Å². The fourth-order valence-electron chi connectivity index (χ4n) is 1.35. The number of nitrogens with one attached hydrogen (secondary N) is 1. The van der Waals surface area contributed by atoms with Crippen molar-refractivity contribution in [2.24, 2.45) is 0 Å². The van der Waals surface area contributed by atoms with E-state index in [9.17, 15) is 13.2 Å². The lowest BCUT2D eigenvalue weighted by molar-refractivity contribution is -0.274. The van der Waals surface area contributed by atoms with Crippen LogP contribution in [0.15, 0.2) is 30.5 Å². The highest BCUT2D eigenvalue weighted by Crippen LogP contribution is 2.26. The first kappa shape index (κ1) is 14.2. The molecule has 0 unspecified atom stereocenters. The third kappa shape index (κ3) is 3.89. The van der Waals surface area contributed by atoms with Crippen LogP contribution in [0.3, 0.4) is 0 Å². The van der Waals surface area contributed by atoms with Crippen molar-refractivity contribution in [3.05, 3.63) is 35.7 Å². The third-order valence-corrected chi connectivity index (χ3v) is 2.32. The van der Waals surface area contributed by atoms with Crippen molar-refractivity contribution >= 4 is 28.8 Å². The van der Waals surface area contributed by atoms with Crippen LogP contribution in [-0.4, -0.2) is 16.3 Å². The van der Waals surface area contributed by atoms with Gasteiger partial charge in [-0.2, -0.15) is 4.98 Å². The predicted molar refractivity (Wildman–Crippen MR) is 67.9 cm³/mol. The van der Waals surface area contributed by atoms with Gasteiger partial charge in [0.1, 0.15) is 5.75 Å². The number of ether oxygens (including phenoxy) is 1. The van der Waals surface area contributed by atoms with E-state index < -0.39 is 6.36 Å². The molecule has 5 nitrogen and oxygen atoms in total. The van der Waals surface area contributed by atoms with Crippen molar-refractivity contribution in [3.8, 4) is 5.75 Å². The van der Waals surface area contributed by atoms with Gasteiger partial charge in [0.2, 0.25) is 5.28 Å². The summed E-state index contributed by atoms with van der Waals surface area (Å²) in [6, 6.07) is 5.09. The Morgan fingerprint density at radius 2 is 1.85 bits per heavy atom. The van der Waals surface area contributed by atoms with Crippen LogP contribution >= 0.6 is 11.6 Å². The Morgan fingerprint density at radius 1 is 1.20 bits per heavy atom. The van der Waals surface area contributed by atoms with Crippen LogP contribution in [0, 0.1) is 0 Å². The molecule has 106 valence electrons. The van der Waals surface area contributed by atoms with Gasteiger partial charge in [-0.1, -0.05) is 0 Å². The zero-order valence-corrected chi connectivity index (χ0v) is 10.5. The van der Waals surface area contributed by atoms with Crippen LogP contribution in [0.5, 0.6) is 5.75 Å². The van der Waals surface area contributed by atoms with Crippen molar-refractivity contribution in [3.63, 3.8) is 0 Å². The molecule has 1 aromatic heterocycles. The lowest BCUT2D eigenvalue weighted by Gasteiger charge is -2.11. The Bertz CT molecular complexity index is 604. The Hall–Kier alpha value is -2.22. The normalized spacial score (nSPS) is 11.2. The maximum absolute atomic E-state index is 12.0. The molecule has 2 rings (SSSR count). The first-order chi connectivity index (χ1) is 9.33. The number of aromatic nitrogens is 2. The summed E-state index contributed by atoms with van der Waals surface area (Å²) in [4.78, 5) is 7.54. The topological polar surface area (TPSA) is 73.1 Å². The molecule has 2 aromatic rings. The number of hydrogen-bond donors (Lipinski definition) is 2. The zero-order valence-electron chi connectivity index (χ0n) is 9.78. The predicted octanol–water partition coefficient (Wildman–Crippen LogP) is 3.35. The molecule has 1 heterocycles. The monoisotopic (exact) mass is 304 g/mol. The minimum absolute atomic E-state index is 0.00118. The summed E-state index contributed by atoms with van der Waals surface area (Å²) >= 11 is 5.62. The number of alkyl halides is 3. The van der Waals surface area contributed by atoms with Crippen molar-refractivity contribution < 1.29 is 17.9 Å². The number of halogens is 4. The number of benzene rings is 1. The molecule has 0 aliphatic carbocycles. The number of nitrogen functional groups attached to an aromatic ring is 1. The molecule has 0 fully saturated rings. The number of rotatable bonds is 3. The van der Waals surface area contributed by atoms with Gasteiger partial charge in [0.25, 0.3) is 0 Å². The second-order valence-electron chi connectivity index (χ2n) is 3.64. The van der Waals surface area contributed by atoms with Gasteiger partial charge < -0.3 is 15.8 Å². The molecule has 0 saturated carbocycles. The van der Waals surface area contributed by atoms with Gasteiger partial charge in [-0.05, 0) is 35.9 Å². The summed E-state index contributed by atoms with van der Waals surface area (Å²) in [6.07, 6.45) is -3.40. The van der Waals surface area contributed by atoms with E-state index in [1.807, 2.05) is 0 Å². The highest BCUT2D eigenvalue weighted by atomic mass is 35.5. The van der Waals surface area contributed by atoms with Crippen molar-refractivity contribution in [2.75, 3.05) is 11.1 Å². The molecule has 0 radical (unpaired) electrons. The first-order valence-corrected chi connectivity index (χ1v) is 5.62. The standard InChI is InChI=1S/C11H8ClF3N4O/c12-10-17-5-8(16)9(19-10)18-6-1-3-7(4-2-6)20-11(13,14)15/h1-5H,16H2,(H,17,18,19). The van der Waals surface area contributed by atoms with E-state index in [2.05, 4.69) is 20.0 Å². The smallest absolute Gasteiger partial charge is 0.406 e. The van der Waals surface area contributed by atoms with Crippen LogP contribution in [0.2, 0.25) is 5.28 Å². The van der Waals surface area contributed by atoms with Gasteiger partial charge in [-0.15, -0.1) is 13.2 Å². The molecular weight excluding hydrogens is 297 g/mol. The molecule has 9 heteroatoms. The Morgan fingerprint density at radius 3 is 2.45 bits per heavy atom. The van der Waals surface area contributed by atoms with E-state index in [-0.39, 0.29) is 22.5 Å². The summed E-state index contributed by atoms with van der Waals surface area (Å²) in [5, 5.41) is 2.80. The van der Waals surface area contributed by atoms with Crippen molar-refractivity contribution in [1.29, 1.82) is 0 Å². The van der Waals surface area contributed by atoms with Gasteiger partial charge in [0.05, 0.1) is 11.9 Å². The van der Waals surface area contributed by atoms with Gasteiger partial charge in [0, 0.05) is 5.69 Å². The van der Waals surface area contributed by atoms with Crippen molar-refractivity contribution in [1.82, 2.24) is 9.97 Å². The molecule has 0 aliphatic rings. The van der Waals surface area contributed by atoms with E-state index in [4.69, 9.17) is 17.3 Å². The maximum Gasteiger partial charge on any atom is 0.573 e. The third-order valence-electron chi connectivity index (χ3n) is 2.14. The average Bonchev–Trinajstić information content (AvgIpc) is 2.34. The van der Waals surface area contributed by atoms with Crippen LogP contribution in [0.4, 0.5) is 30.4 Å². The fourth-order valence-corrected chi connectivity index (χ4v) is 1.48. The Labute approximate surface area is 116 Å². The maximum atomic E-state index is 12.0. The summed E-state index contributed by atoms with van der Waals surface area (Å²) in [6.45, 7) is 0. The summed E-state index contributed by atoms with van der Waals surface area (Å²) in [7, 11) is 0. The largest absolute Gasteiger partial charge is 0.573 e. The second-order valence-corrected chi connectivity index (χ2v) is 3.98. The lowest BCUT2D eigenvalue weighted by Crippen LogP contribution is -2.17. The number of hydrogen-bond acceptors (Lipinski definition) is 5. The number of anilines is 3. The van der Waals surface area contributed by atoms with Crippen LogP contribution < -0.4 is 15.8 Å². The highest BCUT2D eigenvalue weighted by Gasteiger charge is 2.30. The minimum atomic E-state index is -4.72. The molecular formula is C11H8ClF3N4O. The molecule has 0 amide bonds. The van der Waals surface area contributed by atoms with E-state index in [1.165, 1.54) is 18.3 Å². The Balaban J connectivity index is 2.13. The van der Waals surface area contributed by atoms with Crippen LogP contribution in [-0.2, 0) is 0 Å². The SMILES string of the molecule is Nc1cnc(Cl)nc1Nc1ccc(OC(F)(F)F)cc1. The Kier molecular flexibility index (Phi) is 3.84. The second kappa shape index (κ2) is 5.41. The van der Waals surface area contributed by atoms with Crippen molar-refractivity contribution in [2.45, 2.75) is 6.36 Å². The fraction of sp³-hybridized carbons (Fsp3) is 0.0909. The first-order valence-electron chi connectivity index (χ1n) is 5.24. The summed E-state index contributed by atoms with van der Waals surface area (Å²) in [5.41, 5.74) is 6.36. The molecule has 0 bridgehead atoms. The molecule has 0 atom stereocenters. The van der Waals surface area contributed by atoms with Gasteiger partial charge in [-0.25, -0.2) is 4.98 Å². The zero-order chi connectivity index (χ0) is 14.8. The quantitative estimate of drug-likeness (QED) is 0.851. The molecule has 0 aliphatic heterocycles. The van der Waals surface area contributed by atoms with Gasteiger partial charge >= 0.3 is 6.36 Å². The number of nitrogens with two attached hydrogens (primary N) is 1. The summed E-state index contributed by atoms with van der Waals surface area (Å²) < 4.78 is 39.8. The molecule has 1 aromatic carbocycles. The summed E-state index contributed by atoms with van der Waals surface area (Å²) in [5.74, 6) is -0.0637. The van der Waals surface area contributed by atoms with Gasteiger partial charge in [0.15, 0.2) is 5.82 Å². The molecule has 0 spiro atoms. The molecule has 0 saturated heterocycles. The van der Waals surface area contributed by atoms with E-state index >= 15 is 0 Å². The average molecular weight is 305 g/mol. The lowest BCUT2D eigenvalue weighted by atomic mass is 10.3. The minimum Gasteiger partial charge on any atom is -0.406 e. The van der Waals surface area contributed by atoms with Gasteiger partial charge in [-0.3, -0.25) is 0 Å². The number of nitrogens with zero attached hydrogens (tertiary/aromatic N) is 2.